The second-order valence-corrected chi connectivity index (χ2v) is 11.1. The van der Waals surface area contributed by atoms with Gasteiger partial charge in [0.25, 0.3) is 5.91 Å². The van der Waals surface area contributed by atoms with Crippen molar-refractivity contribution in [2.75, 3.05) is 18.4 Å². The van der Waals surface area contributed by atoms with Crippen LogP contribution in [-0.2, 0) is 17.6 Å². The molecule has 0 saturated heterocycles. The Bertz CT molecular complexity index is 1030. The monoisotopic (exact) mass is 443 g/mol. The lowest BCUT2D eigenvalue weighted by Gasteiger charge is -2.56. The van der Waals surface area contributed by atoms with Crippen LogP contribution in [0.3, 0.4) is 0 Å². The van der Waals surface area contributed by atoms with Gasteiger partial charge in [-0.1, -0.05) is 12.1 Å². The van der Waals surface area contributed by atoms with E-state index in [1.54, 1.807) is 6.20 Å². The van der Waals surface area contributed by atoms with Crippen LogP contribution in [0.15, 0.2) is 42.6 Å². The Morgan fingerprint density at radius 1 is 1.03 bits per heavy atom. The smallest absolute Gasteiger partial charge is 0.254 e. The molecule has 0 atom stereocenters. The molecule has 0 spiro atoms. The predicted octanol–water partition coefficient (Wildman–Crippen LogP) is 4.87. The summed E-state index contributed by atoms with van der Waals surface area (Å²) in [6.07, 6.45) is 11.9. The molecule has 0 unspecified atom stereocenters. The summed E-state index contributed by atoms with van der Waals surface area (Å²) in [4.78, 5) is 32.6. The van der Waals surface area contributed by atoms with Crippen LogP contribution < -0.4 is 5.32 Å². The fourth-order valence-electron chi connectivity index (χ4n) is 7.74. The van der Waals surface area contributed by atoms with Crippen molar-refractivity contribution >= 4 is 17.5 Å². The quantitative estimate of drug-likeness (QED) is 0.693. The molecule has 2 heterocycles. The first-order valence-corrected chi connectivity index (χ1v) is 12.7. The normalized spacial score (nSPS) is 29.8. The van der Waals surface area contributed by atoms with Crippen molar-refractivity contribution in [3.05, 3.63) is 59.4 Å². The first-order chi connectivity index (χ1) is 16.1. The highest BCUT2D eigenvalue weighted by molar-refractivity contribution is 6.00. The van der Waals surface area contributed by atoms with Gasteiger partial charge in [0.05, 0.1) is 0 Å². The van der Waals surface area contributed by atoms with E-state index < -0.39 is 0 Å². The minimum atomic E-state index is 0.0596. The molecule has 1 aromatic heterocycles. The van der Waals surface area contributed by atoms with Crippen molar-refractivity contribution in [1.82, 2.24) is 9.88 Å². The van der Waals surface area contributed by atoms with Crippen LogP contribution >= 0.6 is 0 Å². The van der Waals surface area contributed by atoms with Gasteiger partial charge in [0.1, 0.15) is 0 Å². The second-order valence-electron chi connectivity index (χ2n) is 11.1. The molecule has 172 valence electrons. The van der Waals surface area contributed by atoms with Crippen LogP contribution in [0.5, 0.6) is 0 Å². The van der Waals surface area contributed by atoms with E-state index in [4.69, 9.17) is 0 Å². The molecule has 1 aliphatic heterocycles. The van der Waals surface area contributed by atoms with Crippen LogP contribution in [-0.4, -0.2) is 34.8 Å². The fourth-order valence-corrected chi connectivity index (χ4v) is 7.74. The lowest BCUT2D eigenvalue weighted by Crippen LogP contribution is -2.47. The van der Waals surface area contributed by atoms with E-state index >= 15 is 0 Å². The average molecular weight is 444 g/mol. The van der Waals surface area contributed by atoms with Crippen LogP contribution in [0.2, 0.25) is 0 Å². The van der Waals surface area contributed by atoms with E-state index in [0.29, 0.717) is 19.5 Å². The maximum atomic E-state index is 13.2. The number of nitrogens with one attached hydrogen (secondary N) is 1. The van der Waals surface area contributed by atoms with Gasteiger partial charge in [-0.3, -0.25) is 14.6 Å². The summed E-state index contributed by atoms with van der Waals surface area (Å²) < 4.78 is 0. The van der Waals surface area contributed by atoms with Gasteiger partial charge < -0.3 is 10.2 Å². The number of aromatic nitrogens is 1. The molecule has 4 bridgehead atoms. The molecular formula is C28H33N3O2. The van der Waals surface area contributed by atoms with Gasteiger partial charge >= 0.3 is 0 Å². The minimum Gasteiger partial charge on any atom is -0.338 e. The fraction of sp³-hybridized carbons (Fsp3) is 0.536. The Balaban J connectivity index is 1.13. The number of fused-ring (bicyclic) bond motifs is 1. The van der Waals surface area contributed by atoms with Gasteiger partial charge in [-0.05, 0) is 97.9 Å². The number of nitrogens with zero attached hydrogens (tertiary/aromatic N) is 2. The summed E-state index contributed by atoms with van der Waals surface area (Å²) in [7, 11) is 0. The molecule has 4 saturated carbocycles. The summed E-state index contributed by atoms with van der Waals surface area (Å²) in [5, 5.41) is 3.22. The maximum Gasteiger partial charge on any atom is 0.254 e. The summed E-state index contributed by atoms with van der Waals surface area (Å²) in [6.45, 7) is 1.35. The van der Waals surface area contributed by atoms with Crippen molar-refractivity contribution < 1.29 is 9.59 Å². The van der Waals surface area contributed by atoms with Gasteiger partial charge in [-0.25, -0.2) is 0 Å². The number of carbonyl (C=O) groups is 2. The first kappa shape index (κ1) is 20.9. The number of amides is 2. The summed E-state index contributed by atoms with van der Waals surface area (Å²) in [6, 6.07) is 11.7. The number of hydrogen-bond donors (Lipinski definition) is 1. The largest absolute Gasteiger partial charge is 0.338 e. The number of anilines is 1. The summed E-state index contributed by atoms with van der Waals surface area (Å²) >= 11 is 0. The molecule has 5 aliphatic rings. The predicted molar refractivity (Wildman–Crippen MR) is 128 cm³/mol. The topological polar surface area (TPSA) is 62.3 Å². The molecule has 1 N–H and O–H groups in total. The SMILES string of the molecule is O=C(CC12CC3CC(CC(C3)C1)C2)Nc1cccc2c1CCN(CCc1ccccn1)C2=O. The standard InChI is InChI=1S/C28H33N3O2/c32-26(18-28-15-19-12-20(16-28)14-21(13-19)17-28)30-25-6-3-5-24-23(25)8-11-31(27(24)33)10-7-22-4-1-2-9-29-22/h1-6,9,19-21H,7-8,10-18H2,(H,30,32). The molecule has 1 aromatic carbocycles. The third-order valence-corrected chi connectivity index (χ3v) is 8.66. The lowest BCUT2D eigenvalue weighted by molar-refractivity contribution is -0.124. The highest BCUT2D eigenvalue weighted by Crippen LogP contribution is 2.61. The number of rotatable bonds is 6. The molecule has 5 heteroatoms. The van der Waals surface area contributed by atoms with Crippen molar-refractivity contribution in [3.63, 3.8) is 0 Å². The maximum absolute atomic E-state index is 13.2. The summed E-state index contributed by atoms with van der Waals surface area (Å²) in [5.74, 6) is 2.74. The van der Waals surface area contributed by atoms with E-state index in [2.05, 4.69) is 10.3 Å². The van der Waals surface area contributed by atoms with Gasteiger partial charge in [0.15, 0.2) is 0 Å². The molecule has 4 fully saturated rings. The zero-order valence-corrected chi connectivity index (χ0v) is 19.3. The number of pyridine rings is 1. The molecule has 2 amide bonds. The Morgan fingerprint density at radius 2 is 1.79 bits per heavy atom. The molecule has 0 radical (unpaired) electrons. The van der Waals surface area contributed by atoms with E-state index in [1.165, 1.54) is 38.5 Å². The molecule has 7 rings (SSSR count). The highest BCUT2D eigenvalue weighted by atomic mass is 16.2. The van der Waals surface area contributed by atoms with Crippen LogP contribution in [0, 0.1) is 23.2 Å². The Kier molecular flexibility index (Phi) is 5.23. The number of hydrogen-bond acceptors (Lipinski definition) is 3. The minimum absolute atomic E-state index is 0.0596. The third-order valence-electron chi connectivity index (χ3n) is 8.66. The van der Waals surface area contributed by atoms with E-state index in [9.17, 15) is 9.59 Å². The Hall–Kier alpha value is -2.69. The number of carbonyl (C=O) groups excluding carboxylic acids is 2. The number of benzene rings is 1. The van der Waals surface area contributed by atoms with Crippen LogP contribution in [0.25, 0.3) is 0 Å². The zero-order chi connectivity index (χ0) is 22.4. The molecule has 4 aliphatic carbocycles. The summed E-state index contributed by atoms with van der Waals surface area (Å²) in [5.41, 5.74) is 3.79. The van der Waals surface area contributed by atoms with E-state index in [0.717, 1.165) is 53.1 Å². The zero-order valence-electron chi connectivity index (χ0n) is 19.3. The van der Waals surface area contributed by atoms with Crippen molar-refractivity contribution in [2.45, 2.75) is 57.8 Å². The van der Waals surface area contributed by atoms with Crippen molar-refractivity contribution in [3.8, 4) is 0 Å². The van der Waals surface area contributed by atoms with Gasteiger partial charge in [0.2, 0.25) is 5.91 Å². The van der Waals surface area contributed by atoms with Gasteiger partial charge in [0, 0.05) is 49.1 Å². The Labute approximate surface area is 196 Å². The lowest BCUT2D eigenvalue weighted by atomic mass is 9.49. The molecule has 33 heavy (non-hydrogen) atoms. The third kappa shape index (κ3) is 4.07. The average Bonchev–Trinajstić information content (AvgIpc) is 2.78. The second kappa shape index (κ2) is 8.27. The highest BCUT2D eigenvalue weighted by Gasteiger charge is 2.51. The first-order valence-electron chi connectivity index (χ1n) is 12.7. The van der Waals surface area contributed by atoms with Crippen LogP contribution in [0.4, 0.5) is 5.69 Å². The molecular weight excluding hydrogens is 410 g/mol. The van der Waals surface area contributed by atoms with E-state index in [1.807, 2.05) is 41.3 Å². The molecule has 5 nitrogen and oxygen atoms in total. The molecule has 2 aromatic rings. The van der Waals surface area contributed by atoms with E-state index in [-0.39, 0.29) is 17.2 Å². The van der Waals surface area contributed by atoms with Gasteiger partial charge in [-0.15, -0.1) is 0 Å². The van der Waals surface area contributed by atoms with Crippen LogP contribution in [0.1, 0.15) is 66.6 Å². The van der Waals surface area contributed by atoms with Crippen molar-refractivity contribution in [2.24, 2.45) is 23.2 Å². The van der Waals surface area contributed by atoms with Crippen molar-refractivity contribution in [1.29, 1.82) is 0 Å². The van der Waals surface area contributed by atoms with Gasteiger partial charge in [-0.2, -0.15) is 0 Å². The Morgan fingerprint density at radius 3 is 2.48 bits per heavy atom.